The number of carbonyl (C=O) groups is 2. The molecule has 0 N–H and O–H groups in total. The average molecular weight is 454 g/mol. The molecule has 0 saturated heterocycles. The van der Waals surface area contributed by atoms with Crippen LogP contribution in [0.25, 0.3) is 0 Å². The molecule has 0 saturated carbocycles. The van der Waals surface area contributed by atoms with Gasteiger partial charge in [-0.25, -0.2) is 9.59 Å². The Balaban J connectivity index is 3.40. The smallest absolute Gasteiger partial charge is 0.331 e. The van der Waals surface area contributed by atoms with Gasteiger partial charge >= 0.3 is 11.9 Å². The third kappa shape index (κ3) is 21.9. The van der Waals surface area contributed by atoms with E-state index < -0.39 is 11.9 Å². The van der Waals surface area contributed by atoms with Crippen LogP contribution in [-0.4, -0.2) is 49.7 Å². The predicted octanol–water partition coefficient (Wildman–Crippen LogP) is 6.84. The fraction of sp³-hybridized carbons (Fsp3) is 0.852. The fourth-order valence-electron chi connectivity index (χ4n) is 3.69. The topological polar surface area (TPSA) is 55.8 Å². The minimum Gasteiger partial charge on any atom is -0.463 e. The van der Waals surface area contributed by atoms with Gasteiger partial charge in [0.1, 0.15) is 6.61 Å². The minimum atomic E-state index is -0.499. The van der Waals surface area contributed by atoms with Crippen LogP contribution in [0.4, 0.5) is 0 Å². The van der Waals surface area contributed by atoms with Crippen LogP contribution >= 0.6 is 0 Å². The summed E-state index contributed by atoms with van der Waals surface area (Å²) in [5, 5.41) is 0. The third-order valence-corrected chi connectivity index (χ3v) is 5.89. The Hall–Kier alpha value is -1.36. The molecule has 0 rings (SSSR count). The SMILES string of the molecule is CCCCCCCCCCCCCCCCCOC(=O)/C=C\C(=O)OCCN(CC)CC. The number of esters is 2. The molecule has 0 fully saturated rings. The van der Waals surface area contributed by atoms with E-state index in [-0.39, 0.29) is 0 Å². The Kier molecular flexibility index (Phi) is 23.3. The molecule has 0 spiro atoms. The molecule has 0 aromatic heterocycles. The van der Waals surface area contributed by atoms with E-state index in [9.17, 15) is 9.59 Å². The van der Waals surface area contributed by atoms with Crippen LogP contribution in [0.2, 0.25) is 0 Å². The van der Waals surface area contributed by atoms with E-state index in [2.05, 4.69) is 25.7 Å². The first-order valence-electron chi connectivity index (χ1n) is 13.4. The molecule has 0 atom stereocenters. The van der Waals surface area contributed by atoms with Gasteiger partial charge in [-0.3, -0.25) is 0 Å². The van der Waals surface area contributed by atoms with Gasteiger partial charge < -0.3 is 14.4 Å². The number of rotatable bonds is 23. The molecule has 0 aromatic carbocycles. The largest absolute Gasteiger partial charge is 0.463 e. The maximum atomic E-state index is 11.6. The van der Waals surface area contributed by atoms with Gasteiger partial charge in [0.25, 0.3) is 0 Å². The molecular weight excluding hydrogens is 402 g/mol. The quantitative estimate of drug-likeness (QED) is 0.0962. The maximum Gasteiger partial charge on any atom is 0.331 e. The second-order valence-electron chi connectivity index (χ2n) is 8.64. The van der Waals surface area contributed by atoms with Crippen LogP contribution in [0.1, 0.15) is 117 Å². The van der Waals surface area contributed by atoms with E-state index in [0.717, 1.165) is 38.1 Å². The lowest BCUT2D eigenvalue weighted by Crippen LogP contribution is -2.27. The first-order chi connectivity index (χ1) is 15.6. The highest BCUT2D eigenvalue weighted by Crippen LogP contribution is 2.13. The molecule has 0 aromatic rings. The molecule has 0 aliphatic heterocycles. The maximum absolute atomic E-state index is 11.6. The highest BCUT2D eigenvalue weighted by molar-refractivity contribution is 5.91. The van der Waals surface area contributed by atoms with Crippen LogP contribution in [0, 0.1) is 0 Å². The van der Waals surface area contributed by atoms with Crippen molar-refractivity contribution in [3.05, 3.63) is 12.2 Å². The molecule has 0 aliphatic carbocycles. The highest BCUT2D eigenvalue weighted by atomic mass is 16.5. The van der Waals surface area contributed by atoms with E-state index >= 15 is 0 Å². The molecule has 188 valence electrons. The Bertz CT molecular complexity index is 461. The average Bonchev–Trinajstić information content (AvgIpc) is 2.80. The minimum absolute atomic E-state index is 0.332. The molecular formula is C27H51NO4. The van der Waals surface area contributed by atoms with Gasteiger partial charge in [0, 0.05) is 18.7 Å². The van der Waals surface area contributed by atoms with Gasteiger partial charge in [0.05, 0.1) is 6.61 Å². The number of likely N-dealkylation sites (N-methyl/N-ethyl adjacent to an activating group) is 1. The Labute approximate surface area is 198 Å². The van der Waals surface area contributed by atoms with Crippen molar-refractivity contribution < 1.29 is 19.1 Å². The van der Waals surface area contributed by atoms with Gasteiger partial charge in [0.2, 0.25) is 0 Å². The van der Waals surface area contributed by atoms with Crippen molar-refractivity contribution in [1.82, 2.24) is 4.90 Å². The number of hydrogen-bond donors (Lipinski definition) is 0. The standard InChI is InChI=1S/C27H51NO4/c1-4-7-8-9-10-11-12-13-14-15-16-17-18-19-20-24-31-26(29)21-22-27(30)32-25-23-28(5-2)6-3/h21-22H,4-20,23-25H2,1-3H3/b22-21-. The second kappa shape index (κ2) is 24.3. The summed E-state index contributed by atoms with van der Waals surface area (Å²) in [4.78, 5) is 25.4. The van der Waals surface area contributed by atoms with Crippen LogP contribution in [-0.2, 0) is 19.1 Å². The fourth-order valence-corrected chi connectivity index (χ4v) is 3.69. The lowest BCUT2D eigenvalue weighted by atomic mass is 10.0. The molecule has 32 heavy (non-hydrogen) atoms. The van der Waals surface area contributed by atoms with Gasteiger partial charge in [-0.2, -0.15) is 0 Å². The second-order valence-corrected chi connectivity index (χ2v) is 8.64. The van der Waals surface area contributed by atoms with E-state index in [1.807, 2.05) is 0 Å². The number of carbonyl (C=O) groups excluding carboxylic acids is 2. The van der Waals surface area contributed by atoms with Crippen LogP contribution < -0.4 is 0 Å². The summed E-state index contributed by atoms with van der Waals surface area (Å²) in [6, 6.07) is 0. The predicted molar refractivity (Wildman–Crippen MR) is 134 cm³/mol. The molecule has 0 aliphatic rings. The molecule has 5 nitrogen and oxygen atoms in total. The molecule has 0 radical (unpaired) electrons. The summed E-state index contributed by atoms with van der Waals surface area (Å²) < 4.78 is 10.2. The zero-order valence-electron chi connectivity index (χ0n) is 21.4. The van der Waals surface area contributed by atoms with Gasteiger partial charge in [-0.15, -0.1) is 0 Å². The number of hydrogen-bond acceptors (Lipinski definition) is 5. The van der Waals surface area contributed by atoms with Crippen molar-refractivity contribution >= 4 is 11.9 Å². The summed E-state index contributed by atoms with van der Waals surface area (Å²) in [5.74, 6) is -0.975. The van der Waals surface area contributed by atoms with Gasteiger partial charge in [0.15, 0.2) is 0 Å². The zero-order chi connectivity index (χ0) is 23.7. The highest BCUT2D eigenvalue weighted by Gasteiger charge is 2.03. The van der Waals surface area contributed by atoms with Crippen molar-refractivity contribution in [3.63, 3.8) is 0 Å². The van der Waals surface area contributed by atoms with Crippen molar-refractivity contribution in [2.24, 2.45) is 0 Å². The molecule has 0 heterocycles. The molecule has 0 bridgehead atoms. The summed E-state index contributed by atoms with van der Waals surface area (Å²) in [6.45, 7) is 9.71. The zero-order valence-corrected chi connectivity index (χ0v) is 21.4. The van der Waals surface area contributed by atoms with Crippen LogP contribution in [0.15, 0.2) is 12.2 Å². The van der Waals surface area contributed by atoms with Crippen LogP contribution in [0.5, 0.6) is 0 Å². The lowest BCUT2D eigenvalue weighted by molar-refractivity contribution is -0.140. The first-order valence-corrected chi connectivity index (χ1v) is 13.4. The lowest BCUT2D eigenvalue weighted by Gasteiger charge is -2.16. The number of nitrogens with zero attached hydrogens (tertiary/aromatic N) is 1. The van der Waals surface area contributed by atoms with Crippen molar-refractivity contribution in [2.75, 3.05) is 32.8 Å². The summed E-state index contributed by atoms with van der Waals surface area (Å²) in [6.07, 6.45) is 22.0. The van der Waals surface area contributed by atoms with Crippen molar-refractivity contribution in [2.45, 2.75) is 117 Å². The van der Waals surface area contributed by atoms with Crippen molar-refractivity contribution in [3.8, 4) is 0 Å². The molecule has 0 amide bonds. The molecule has 5 heteroatoms. The van der Waals surface area contributed by atoms with Gasteiger partial charge in [-0.1, -0.05) is 111 Å². The number of ether oxygens (including phenoxy) is 2. The Morgan fingerprint density at radius 3 is 1.34 bits per heavy atom. The van der Waals surface area contributed by atoms with Gasteiger partial charge in [-0.05, 0) is 19.5 Å². The van der Waals surface area contributed by atoms with E-state index in [0.29, 0.717) is 19.8 Å². The monoisotopic (exact) mass is 453 g/mol. The number of unbranched alkanes of at least 4 members (excludes halogenated alkanes) is 14. The Morgan fingerprint density at radius 2 is 0.938 bits per heavy atom. The molecule has 0 unspecified atom stereocenters. The summed E-state index contributed by atoms with van der Waals surface area (Å²) >= 11 is 0. The summed E-state index contributed by atoms with van der Waals surface area (Å²) in [7, 11) is 0. The van der Waals surface area contributed by atoms with E-state index in [1.165, 1.54) is 83.5 Å². The Morgan fingerprint density at radius 1 is 0.562 bits per heavy atom. The van der Waals surface area contributed by atoms with E-state index in [4.69, 9.17) is 9.47 Å². The first kappa shape index (κ1) is 30.6. The normalized spacial score (nSPS) is 11.4. The van der Waals surface area contributed by atoms with E-state index in [1.54, 1.807) is 0 Å². The third-order valence-electron chi connectivity index (χ3n) is 5.89. The van der Waals surface area contributed by atoms with Crippen molar-refractivity contribution in [1.29, 1.82) is 0 Å². The van der Waals surface area contributed by atoms with Crippen LogP contribution in [0.3, 0.4) is 0 Å². The summed E-state index contributed by atoms with van der Waals surface area (Å²) in [5.41, 5.74) is 0.